The summed E-state index contributed by atoms with van der Waals surface area (Å²) in [6, 6.07) is 0. The highest BCUT2D eigenvalue weighted by Crippen LogP contribution is 2.58. The second-order valence-electron chi connectivity index (χ2n) is 3.74. The molecule has 1 amide bonds. The lowest BCUT2D eigenvalue weighted by molar-refractivity contribution is -0.123. The molecule has 12 heavy (non-hydrogen) atoms. The van der Waals surface area contributed by atoms with Gasteiger partial charge in [-0.1, -0.05) is 0 Å². The van der Waals surface area contributed by atoms with Crippen molar-refractivity contribution in [3.63, 3.8) is 0 Å². The van der Waals surface area contributed by atoms with E-state index >= 15 is 0 Å². The van der Waals surface area contributed by atoms with Crippen LogP contribution in [0.1, 0.15) is 19.3 Å². The predicted octanol–water partition coefficient (Wildman–Crippen LogP) is -0.207. The lowest BCUT2D eigenvalue weighted by atomic mass is 9.94. The van der Waals surface area contributed by atoms with Gasteiger partial charge in [0.2, 0.25) is 5.91 Å². The highest BCUT2D eigenvalue weighted by atomic mass is 16.5. The van der Waals surface area contributed by atoms with Gasteiger partial charge in [0.15, 0.2) is 0 Å². The van der Waals surface area contributed by atoms with Crippen molar-refractivity contribution >= 4 is 5.91 Å². The van der Waals surface area contributed by atoms with E-state index in [1.807, 2.05) is 0 Å². The fourth-order valence-corrected chi connectivity index (χ4v) is 2.15. The Bertz CT molecular complexity index is 199. The second kappa shape index (κ2) is 2.71. The molecule has 1 aliphatic heterocycles. The number of nitrogens with two attached hydrogens (primary N) is 1. The van der Waals surface area contributed by atoms with E-state index in [4.69, 9.17) is 10.6 Å². The van der Waals surface area contributed by atoms with Gasteiger partial charge in [-0.3, -0.25) is 10.2 Å². The summed E-state index contributed by atoms with van der Waals surface area (Å²) >= 11 is 0. The fourth-order valence-electron chi connectivity index (χ4n) is 2.15. The number of ether oxygens (including phenoxy) is 1. The standard InChI is InChI=1S/C8H14N2O2/c9-10-7(11)6-5-8(6)1-3-12-4-2-8/h6H,1-5,9H2,(H,10,11). The molecule has 1 heterocycles. The van der Waals surface area contributed by atoms with Crippen LogP contribution in [0.2, 0.25) is 0 Å². The van der Waals surface area contributed by atoms with Crippen molar-refractivity contribution in [1.29, 1.82) is 0 Å². The molecule has 0 bridgehead atoms. The van der Waals surface area contributed by atoms with Crippen molar-refractivity contribution in [2.45, 2.75) is 19.3 Å². The van der Waals surface area contributed by atoms with Crippen LogP contribution in [-0.4, -0.2) is 19.1 Å². The van der Waals surface area contributed by atoms with Gasteiger partial charge in [-0.05, 0) is 24.7 Å². The molecule has 1 aliphatic carbocycles. The molecule has 2 rings (SSSR count). The molecule has 0 aromatic rings. The minimum Gasteiger partial charge on any atom is -0.381 e. The van der Waals surface area contributed by atoms with Crippen LogP contribution in [-0.2, 0) is 9.53 Å². The molecule has 1 unspecified atom stereocenters. The Labute approximate surface area is 71.4 Å². The fraction of sp³-hybridized carbons (Fsp3) is 0.875. The van der Waals surface area contributed by atoms with E-state index in [1.165, 1.54) is 0 Å². The molecular weight excluding hydrogens is 156 g/mol. The largest absolute Gasteiger partial charge is 0.381 e. The highest BCUT2D eigenvalue weighted by Gasteiger charge is 2.57. The first-order valence-corrected chi connectivity index (χ1v) is 4.37. The van der Waals surface area contributed by atoms with Crippen LogP contribution >= 0.6 is 0 Å². The summed E-state index contributed by atoms with van der Waals surface area (Å²) in [6.45, 7) is 1.60. The lowest BCUT2D eigenvalue weighted by Crippen LogP contribution is -2.34. The molecule has 4 nitrogen and oxygen atoms in total. The van der Waals surface area contributed by atoms with Crippen LogP contribution < -0.4 is 11.3 Å². The normalized spacial score (nSPS) is 31.6. The van der Waals surface area contributed by atoms with Gasteiger partial charge in [0.05, 0.1) is 0 Å². The number of hydrogen-bond acceptors (Lipinski definition) is 3. The summed E-state index contributed by atoms with van der Waals surface area (Å²) in [5.74, 6) is 5.23. The summed E-state index contributed by atoms with van der Waals surface area (Å²) in [6.07, 6.45) is 3.04. The molecule has 1 spiro atoms. The van der Waals surface area contributed by atoms with Gasteiger partial charge < -0.3 is 4.74 Å². The van der Waals surface area contributed by atoms with Crippen LogP contribution in [0.15, 0.2) is 0 Å². The summed E-state index contributed by atoms with van der Waals surface area (Å²) < 4.78 is 5.24. The van der Waals surface area contributed by atoms with E-state index in [1.54, 1.807) is 0 Å². The zero-order chi connectivity index (χ0) is 8.60. The molecule has 1 saturated heterocycles. The van der Waals surface area contributed by atoms with Crippen molar-refractivity contribution in [1.82, 2.24) is 5.43 Å². The molecule has 68 valence electrons. The number of carbonyl (C=O) groups excluding carboxylic acids is 1. The predicted molar refractivity (Wildman–Crippen MR) is 42.9 cm³/mol. The monoisotopic (exact) mass is 170 g/mol. The van der Waals surface area contributed by atoms with Crippen LogP contribution in [0.3, 0.4) is 0 Å². The Balaban J connectivity index is 1.95. The average molecular weight is 170 g/mol. The van der Waals surface area contributed by atoms with Gasteiger partial charge in [-0.2, -0.15) is 0 Å². The SMILES string of the molecule is NNC(=O)C1CC12CCOCC2. The third kappa shape index (κ3) is 1.11. The van der Waals surface area contributed by atoms with Crippen molar-refractivity contribution in [3.8, 4) is 0 Å². The van der Waals surface area contributed by atoms with Crippen LogP contribution in [0.5, 0.6) is 0 Å². The maximum absolute atomic E-state index is 11.2. The lowest BCUT2D eigenvalue weighted by Gasteiger charge is -2.22. The average Bonchev–Trinajstić information content (AvgIpc) is 2.80. The Morgan fingerprint density at radius 2 is 2.17 bits per heavy atom. The van der Waals surface area contributed by atoms with Crippen molar-refractivity contribution in [3.05, 3.63) is 0 Å². The first-order chi connectivity index (χ1) is 5.78. The quantitative estimate of drug-likeness (QED) is 0.325. The maximum atomic E-state index is 11.2. The van der Waals surface area contributed by atoms with Crippen LogP contribution in [0, 0.1) is 11.3 Å². The summed E-state index contributed by atoms with van der Waals surface area (Å²) in [5.41, 5.74) is 2.47. The Hall–Kier alpha value is -0.610. The molecule has 0 aromatic heterocycles. The third-order valence-corrected chi connectivity index (χ3v) is 3.14. The maximum Gasteiger partial charge on any atom is 0.237 e. The number of rotatable bonds is 1. The number of hydrazine groups is 1. The first-order valence-electron chi connectivity index (χ1n) is 4.37. The topological polar surface area (TPSA) is 64.3 Å². The van der Waals surface area contributed by atoms with Gasteiger partial charge >= 0.3 is 0 Å². The number of nitrogens with one attached hydrogen (secondary N) is 1. The second-order valence-corrected chi connectivity index (χ2v) is 3.74. The highest BCUT2D eigenvalue weighted by molar-refractivity contribution is 5.81. The van der Waals surface area contributed by atoms with Gasteiger partial charge in [-0.15, -0.1) is 0 Å². The molecule has 3 N–H and O–H groups in total. The Morgan fingerprint density at radius 3 is 2.75 bits per heavy atom. The number of carbonyl (C=O) groups is 1. The van der Waals surface area contributed by atoms with E-state index in [-0.39, 0.29) is 17.2 Å². The van der Waals surface area contributed by atoms with Gasteiger partial charge in [0.1, 0.15) is 0 Å². The molecule has 4 heteroatoms. The molecule has 1 saturated carbocycles. The summed E-state index contributed by atoms with van der Waals surface area (Å²) in [7, 11) is 0. The van der Waals surface area contributed by atoms with Gasteiger partial charge in [-0.25, -0.2) is 5.84 Å². The smallest absolute Gasteiger partial charge is 0.237 e. The molecule has 2 aliphatic rings. The van der Waals surface area contributed by atoms with E-state index in [2.05, 4.69) is 5.43 Å². The van der Waals surface area contributed by atoms with Crippen molar-refractivity contribution < 1.29 is 9.53 Å². The van der Waals surface area contributed by atoms with E-state index in [9.17, 15) is 4.79 Å². The van der Waals surface area contributed by atoms with E-state index in [0.717, 1.165) is 32.5 Å². The van der Waals surface area contributed by atoms with E-state index < -0.39 is 0 Å². The molecule has 0 radical (unpaired) electrons. The zero-order valence-corrected chi connectivity index (χ0v) is 7.01. The Morgan fingerprint density at radius 1 is 1.50 bits per heavy atom. The van der Waals surface area contributed by atoms with Crippen LogP contribution in [0.25, 0.3) is 0 Å². The summed E-state index contributed by atoms with van der Waals surface area (Å²) in [5, 5.41) is 0. The summed E-state index contributed by atoms with van der Waals surface area (Å²) in [4.78, 5) is 11.2. The molecule has 0 aromatic carbocycles. The minimum absolute atomic E-state index is 0.00287. The third-order valence-electron chi connectivity index (χ3n) is 3.14. The number of hydrogen-bond donors (Lipinski definition) is 2. The van der Waals surface area contributed by atoms with E-state index in [0.29, 0.717) is 0 Å². The van der Waals surface area contributed by atoms with Gasteiger partial charge in [0.25, 0.3) is 0 Å². The molecule has 2 fully saturated rings. The molecular formula is C8H14N2O2. The first kappa shape index (κ1) is 8.01. The minimum atomic E-state index is -0.00287. The number of amides is 1. The van der Waals surface area contributed by atoms with Crippen LogP contribution in [0.4, 0.5) is 0 Å². The zero-order valence-electron chi connectivity index (χ0n) is 7.01. The molecule has 1 atom stereocenters. The van der Waals surface area contributed by atoms with Crippen molar-refractivity contribution in [2.24, 2.45) is 17.2 Å². The Kier molecular flexibility index (Phi) is 1.81. The van der Waals surface area contributed by atoms with Crippen molar-refractivity contribution in [2.75, 3.05) is 13.2 Å². The van der Waals surface area contributed by atoms with Gasteiger partial charge in [0, 0.05) is 19.1 Å².